The molecule has 0 aliphatic heterocycles. The van der Waals surface area contributed by atoms with Gasteiger partial charge < -0.3 is 9.84 Å². The van der Waals surface area contributed by atoms with Crippen LogP contribution in [-0.4, -0.2) is 28.0 Å². The van der Waals surface area contributed by atoms with Crippen molar-refractivity contribution < 1.29 is 14.6 Å². The predicted octanol–water partition coefficient (Wildman–Crippen LogP) is 1.59. The lowest BCUT2D eigenvalue weighted by Gasteiger charge is -2.04. The Labute approximate surface area is 92.2 Å². The molecule has 1 aromatic carbocycles. The van der Waals surface area contributed by atoms with Crippen LogP contribution in [0.4, 0.5) is 0 Å². The van der Waals surface area contributed by atoms with E-state index in [0.717, 1.165) is 16.6 Å². The molecule has 0 amide bonds. The number of rotatable bonds is 2. The third-order valence-electron chi connectivity index (χ3n) is 2.68. The molecule has 0 aliphatic rings. The Morgan fingerprint density at radius 1 is 1.50 bits per heavy atom. The summed E-state index contributed by atoms with van der Waals surface area (Å²) in [7, 11) is 3.27. The maximum absolute atomic E-state index is 11.0. The number of aromatic carboxylic acids is 1. The van der Waals surface area contributed by atoms with E-state index in [1.165, 1.54) is 7.11 Å². The maximum atomic E-state index is 11.0. The molecule has 0 radical (unpaired) electrons. The third kappa shape index (κ3) is 1.41. The number of fused-ring (bicyclic) bond motifs is 1. The molecule has 5 nitrogen and oxygen atoms in total. The molecule has 0 saturated heterocycles. The Bertz CT molecular complexity index is 572. The zero-order valence-corrected chi connectivity index (χ0v) is 9.31. The molecule has 1 N–H and O–H groups in total. The van der Waals surface area contributed by atoms with Gasteiger partial charge >= 0.3 is 5.97 Å². The van der Waals surface area contributed by atoms with Crippen molar-refractivity contribution >= 4 is 16.9 Å². The molecule has 0 unspecified atom stereocenters. The first-order chi connectivity index (χ1) is 7.54. The van der Waals surface area contributed by atoms with Crippen LogP contribution >= 0.6 is 0 Å². The average molecular weight is 220 g/mol. The van der Waals surface area contributed by atoms with Crippen LogP contribution < -0.4 is 4.74 Å². The van der Waals surface area contributed by atoms with E-state index in [-0.39, 0.29) is 5.56 Å². The predicted molar refractivity (Wildman–Crippen MR) is 59.0 cm³/mol. The van der Waals surface area contributed by atoms with Crippen molar-refractivity contribution in [3.63, 3.8) is 0 Å². The van der Waals surface area contributed by atoms with Crippen molar-refractivity contribution in [1.29, 1.82) is 0 Å². The number of carbonyl (C=O) groups is 1. The molecule has 5 heteroatoms. The van der Waals surface area contributed by atoms with E-state index in [1.54, 1.807) is 16.8 Å². The number of carboxylic acids is 1. The van der Waals surface area contributed by atoms with E-state index in [1.807, 2.05) is 14.0 Å². The number of benzene rings is 1. The van der Waals surface area contributed by atoms with Crippen LogP contribution in [-0.2, 0) is 7.05 Å². The zero-order chi connectivity index (χ0) is 11.9. The molecule has 0 spiro atoms. The molecular formula is C11H12N2O3. The summed E-state index contributed by atoms with van der Waals surface area (Å²) in [6.45, 7) is 1.90. The smallest absolute Gasteiger partial charge is 0.339 e. The van der Waals surface area contributed by atoms with Crippen molar-refractivity contribution in [3.8, 4) is 5.75 Å². The van der Waals surface area contributed by atoms with Gasteiger partial charge in [0.2, 0.25) is 0 Å². The highest BCUT2D eigenvalue weighted by Crippen LogP contribution is 2.27. The quantitative estimate of drug-likeness (QED) is 0.834. The SMILES string of the molecule is COc1cc2nn(C)c(C)c2cc1C(=O)O. The molecule has 84 valence electrons. The Morgan fingerprint density at radius 2 is 2.19 bits per heavy atom. The van der Waals surface area contributed by atoms with Gasteiger partial charge in [0.15, 0.2) is 0 Å². The Balaban J connectivity index is 2.80. The lowest BCUT2D eigenvalue weighted by atomic mass is 10.1. The van der Waals surface area contributed by atoms with Crippen molar-refractivity contribution in [3.05, 3.63) is 23.4 Å². The first kappa shape index (κ1) is 10.5. The molecule has 2 rings (SSSR count). The fourth-order valence-corrected chi connectivity index (χ4v) is 1.69. The summed E-state index contributed by atoms with van der Waals surface area (Å²) in [5, 5.41) is 14.1. The maximum Gasteiger partial charge on any atom is 0.339 e. The number of aromatic nitrogens is 2. The fourth-order valence-electron chi connectivity index (χ4n) is 1.69. The lowest BCUT2D eigenvalue weighted by Crippen LogP contribution is -2.00. The second-order valence-corrected chi connectivity index (χ2v) is 3.58. The largest absolute Gasteiger partial charge is 0.496 e. The fraction of sp³-hybridized carbons (Fsp3) is 0.273. The van der Waals surface area contributed by atoms with Crippen LogP contribution in [0, 0.1) is 6.92 Å². The Hall–Kier alpha value is -2.04. The second-order valence-electron chi connectivity index (χ2n) is 3.58. The minimum Gasteiger partial charge on any atom is -0.496 e. The number of ether oxygens (including phenoxy) is 1. The van der Waals surface area contributed by atoms with Gasteiger partial charge in [-0.25, -0.2) is 4.79 Å². The van der Waals surface area contributed by atoms with Crippen LogP contribution in [0.1, 0.15) is 16.1 Å². The minimum absolute atomic E-state index is 0.158. The first-order valence-corrected chi connectivity index (χ1v) is 4.79. The average Bonchev–Trinajstić information content (AvgIpc) is 2.53. The van der Waals surface area contributed by atoms with Crippen molar-refractivity contribution in [2.45, 2.75) is 6.92 Å². The number of aryl methyl sites for hydroxylation is 2. The van der Waals surface area contributed by atoms with E-state index < -0.39 is 5.97 Å². The normalized spacial score (nSPS) is 10.7. The molecule has 1 aromatic heterocycles. The number of methoxy groups -OCH3 is 1. The highest BCUT2D eigenvalue weighted by Gasteiger charge is 2.15. The summed E-state index contributed by atoms with van der Waals surface area (Å²) in [4.78, 5) is 11.0. The van der Waals surface area contributed by atoms with Crippen molar-refractivity contribution in [2.75, 3.05) is 7.11 Å². The Morgan fingerprint density at radius 3 is 2.75 bits per heavy atom. The van der Waals surface area contributed by atoms with Gasteiger partial charge in [-0.15, -0.1) is 0 Å². The highest BCUT2D eigenvalue weighted by molar-refractivity contribution is 5.97. The second kappa shape index (κ2) is 3.52. The summed E-state index contributed by atoms with van der Waals surface area (Å²) in [5.74, 6) is -0.667. The minimum atomic E-state index is -0.998. The van der Waals surface area contributed by atoms with Gasteiger partial charge in [0.25, 0.3) is 0 Å². The summed E-state index contributed by atoms with van der Waals surface area (Å²) in [6.07, 6.45) is 0. The van der Waals surface area contributed by atoms with Gasteiger partial charge in [0, 0.05) is 24.2 Å². The van der Waals surface area contributed by atoms with Crippen LogP contribution in [0.2, 0.25) is 0 Å². The monoisotopic (exact) mass is 220 g/mol. The standard InChI is InChI=1S/C11H12N2O3/c1-6-7-4-8(11(14)15)10(16-3)5-9(7)12-13(6)2/h4-5H,1-3H3,(H,14,15). The van der Waals surface area contributed by atoms with Crippen molar-refractivity contribution in [1.82, 2.24) is 9.78 Å². The van der Waals surface area contributed by atoms with Crippen LogP contribution in [0.25, 0.3) is 10.9 Å². The number of carboxylic acid groups (broad SMARTS) is 1. The molecule has 0 fully saturated rings. The van der Waals surface area contributed by atoms with E-state index in [0.29, 0.717) is 5.75 Å². The van der Waals surface area contributed by atoms with Gasteiger partial charge in [0.05, 0.1) is 12.6 Å². The summed E-state index contributed by atoms with van der Waals surface area (Å²) < 4.78 is 6.75. The molecule has 1 heterocycles. The number of hydrogen-bond acceptors (Lipinski definition) is 3. The molecule has 0 bridgehead atoms. The van der Waals surface area contributed by atoms with Gasteiger partial charge in [0.1, 0.15) is 11.3 Å². The summed E-state index contributed by atoms with van der Waals surface area (Å²) in [5.41, 5.74) is 1.83. The summed E-state index contributed by atoms with van der Waals surface area (Å²) in [6, 6.07) is 3.24. The van der Waals surface area contributed by atoms with E-state index >= 15 is 0 Å². The molecular weight excluding hydrogens is 208 g/mol. The molecule has 16 heavy (non-hydrogen) atoms. The van der Waals surface area contributed by atoms with E-state index in [4.69, 9.17) is 9.84 Å². The van der Waals surface area contributed by atoms with Gasteiger partial charge in [-0.1, -0.05) is 0 Å². The molecule has 0 atom stereocenters. The van der Waals surface area contributed by atoms with Gasteiger partial charge in [-0.3, -0.25) is 4.68 Å². The van der Waals surface area contributed by atoms with E-state index in [2.05, 4.69) is 5.10 Å². The number of nitrogens with zero attached hydrogens (tertiary/aromatic N) is 2. The highest BCUT2D eigenvalue weighted by atomic mass is 16.5. The summed E-state index contributed by atoms with van der Waals surface area (Å²) >= 11 is 0. The van der Waals surface area contributed by atoms with Crippen LogP contribution in [0.15, 0.2) is 12.1 Å². The van der Waals surface area contributed by atoms with Gasteiger partial charge in [-0.2, -0.15) is 5.10 Å². The van der Waals surface area contributed by atoms with Gasteiger partial charge in [-0.05, 0) is 13.0 Å². The van der Waals surface area contributed by atoms with Crippen LogP contribution in [0.5, 0.6) is 5.75 Å². The first-order valence-electron chi connectivity index (χ1n) is 4.79. The molecule has 2 aromatic rings. The topological polar surface area (TPSA) is 64.4 Å². The zero-order valence-electron chi connectivity index (χ0n) is 9.31. The Kier molecular flexibility index (Phi) is 2.30. The lowest BCUT2D eigenvalue weighted by molar-refractivity contribution is 0.0693. The third-order valence-corrected chi connectivity index (χ3v) is 2.68. The van der Waals surface area contributed by atoms with E-state index in [9.17, 15) is 4.79 Å². The number of hydrogen-bond donors (Lipinski definition) is 1. The van der Waals surface area contributed by atoms with Crippen molar-refractivity contribution in [2.24, 2.45) is 7.05 Å². The van der Waals surface area contributed by atoms with Crippen LogP contribution in [0.3, 0.4) is 0 Å². The molecule has 0 aliphatic carbocycles. The molecule has 0 saturated carbocycles.